The summed E-state index contributed by atoms with van der Waals surface area (Å²) in [6, 6.07) is 0. The third-order valence-electron chi connectivity index (χ3n) is 1.01. The number of hydroxylamine groups is 1. The molecule has 52 valence electrons. The van der Waals surface area contributed by atoms with E-state index in [4.69, 9.17) is 5.53 Å². The molecular weight excluding hydrogens is 130 g/mol. The highest BCUT2D eigenvalue weighted by atomic mass is 16.5. The Labute approximate surface area is 58.2 Å². The molecule has 0 atom stereocenters. The standard InChI is InChI=1S/C6H7N3O/c7-9(10)5-6-1-3-8-4-2-6/h1-5,7-8H. The van der Waals surface area contributed by atoms with Crippen molar-refractivity contribution >= 4 is 0 Å². The summed E-state index contributed by atoms with van der Waals surface area (Å²) in [5.41, 5.74) is 7.24. The molecule has 0 fully saturated rings. The molecule has 0 bridgehead atoms. The van der Waals surface area contributed by atoms with E-state index in [9.17, 15) is 5.21 Å². The number of hydrogen-bond donors (Lipinski definition) is 2. The minimum absolute atomic E-state index is 0.0231. The van der Waals surface area contributed by atoms with Crippen LogP contribution in [0.5, 0.6) is 0 Å². The molecule has 2 N–H and O–H groups in total. The van der Waals surface area contributed by atoms with Gasteiger partial charge in [0.05, 0.1) is 0 Å². The summed E-state index contributed by atoms with van der Waals surface area (Å²) >= 11 is 0. The van der Waals surface area contributed by atoms with Crippen LogP contribution in [-0.4, -0.2) is 4.86 Å². The Morgan fingerprint density at radius 3 is 2.60 bits per heavy atom. The predicted molar refractivity (Wildman–Crippen MR) is 35.8 cm³/mol. The van der Waals surface area contributed by atoms with Crippen LogP contribution in [0.3, 0.4) is 0 Å². The van der Waals surface area contributed by atoms with Crippen LogP contribution in [-0.2, 0) is 0 Å². The van der Waals surface area contributed by atoms with E-state index in [-0.39, 0.29) is 4.86 Å². The van der Waals surface area contributed by atoms with Crippen LogP contribution in [0.1, 0.15) is 0 Å². The average molecular weight is 137 g/mol. The van der Waals surface area contributed by atoms with E-state index in [0.29, 0.717) is 5.57 Å². The zero-order valence-corrected chi connectivity index (χ0v) is 5.24. The Kier molecular flexibility index (Phi) is 1.84. The molecule has 4 heteroatoms. The first-order valence-electron chi connectivity index (χ1n) is 2.77. The van der Waals surface area contributed by atoms with Gasteiger partial charge in [-0.2, -0.15) is 0 Å². The number of rotatable bonds is 1. The molecular formula is C6H7N3O. The second-order valence-electron chi connectivity index (χ2n) is 1.79. The molecule has 0 radical (unpaired) electrons. The van der Waals surface area contributed by atoms with Crippen molar-refractivity contribution < 1.29 is 4.86 Å². The highest BCUT2D eigenvalue weighted by Crippen LogP contribution is 2.01. The topological polar surface area (TPSA) is 62.0 Å². The van der Waals surface area contributed by atoms with Crippen LogP contribution in [0.4, 0.5) is 0 Å². The maximum Gasteiger partial charge on any atom is 0.216 e. The molecule has 0 aromatic carbocycles. The fourth-order valence-electron chi connectivity index (χ4n) is 0.621. The molecule has 1 aliphatic heterocycles. The van der Waals surface area contributed by atoms with Gasteiger partial charge in [0.15, 0.2) is 0 Å². The molecule has 0 aliphatic carbocycles. The summed E-state index contributed by atoms with van der Waals surface area (Å²) in [5, 5.41) is 12.9. The zero-order chi connectivity index (χ0) is 7.40. The highest BCUT2D eigenvalue weighted by Gasteiger charge is 1.93. The Balaban J connectivity index is 2.71. The molecule has 1 heterocycles. The molecule has 0 saturated heterocycles. The minimum atomic E-state index is 0.0231. The Morgan fingerprint density at radius 2 is 2.10 bits per heavy atom. The monoisotopic (exact) mass is 137 g/mol. The number of nitrogens with one attached hydrogen (secondary N) is 2. The van der Waals surface area contributed by atoms with Gasteiger partial charge >= 0.3 is 0 Å². The van der Waals surface area contributed by atoms with Gasteiger partial charge in [0, 0.05) is 18.0 Å². The lowest BCUT2D eigenvalue weighted by Crippen LogP contribution is -1.97. The smallest absolute Gasteiger partial charge is 0.216 e. The van der Waals surface area contributed by atoms with E-state index in [1.54, 1.807) is 24.6 Å². The lowest BCUT2D eigenvalue weighted by atomic mass is 10.2. The molecule has 0 saturated carbocycles. The minimum Gasteiger partial charge on any atom is -0.595 e. The van der Waals surface area contributed by atoms with Crippen LogP contribution in [0.15, 0.2) is 36.3 Å². The molecule has 1 rings (SSSR count). The van der Waals surface area contributed by atoms with Gasteiger partial charge in [-0.15, -0.1) is 0 Å². The Hall–Kier alpha value is -1.58. The predicted octanol–water partition coefficient (Wildman–Crippen LogP) is 1.04. The Bertz CT molecular complexity index is 213. The van der Waals surface area contributed by atoms with Crippen molar-refractivity contribution in [2.75, 3.05) is 0 Å². The second-order valence-corrected chi connectivity index (χ2v) is 1.79. The van der Waals surface area contributed by atoms with Gasteiger partial charge < -0.3 is 10.5 Å². The molecule has 4 nitrogen and oxygen atoms in total. The van der Waals surface area contributed by atoms with Gasteiger partial charge in [-0.25, -0.2) is 0 Å². The fourth-order valence-corrected chi connectivity index (χ4v) is 0.621. The third kappa shape index (κ3) is 1.74. The van der Waals surface area contributed by atoms with Crippen molar-refractivity contribution in [3.8, 4) is 0 Å². The van der Waals surface area contributed by atoms with E-state index in [1.165, 1.54) is 6.20 Å². The van der Waals surface area contributed by atoms with Gasteiger partial charge in [0.2, 0.25) is 6.20 Å². The second kappa shape index (κ2) is 2.82. The summed E-state index contributed by atoms with van der Waals surface area (Å²) in [4.78, 5) is 0.0231. The SMILES string of the molecule is N=[N+]([O-])C=C1C=CNC=C1. The number of dihydropyridines is 1. The average Bonchev–Trinajstić information content (AvgIpc) is 1.88. The number of nitrogens with zero attached hydrogens (tertiary/aromatic N) is 1. The van der Waals surface area contributed by atoms with Crippen molar-refractivity contribution in [3.05, 3.63) is 41.5 Å². The molecule has 0 spiro atoms. The first-order valence-corrected chi connectivity index (χ1v) is 2.77. The van der Waals surface area contributed by atoms with E-state index < -0.39 is 0 Å². The molecule has 10 heavy (non-hydrogen) atoms. The van der Waals surface area contributed by atoms with Gasteiger partial charge in [0.1, 0.15) is 0 Å². The van der Waals surface area contributed by atoms with Gasteiger partial charge in [-0.05, 0) is 17.7 Å². The van der Waals surface area contributed by atoms with Crippen molar-refractivity contribution in [2.24, 2.45) is 0 Å². The van der Waals surface area contributed by atoms with E-state index >= 15 is 0 Å². The Morgan fingerprint density at radius 1 is 1.50 bits per heavy atom. The van der Waals surface area contributed by atoms with Gasteiger partial charge in [0.25, 0.3) is 0 Å². The zero-order valence-electron chi connectivity index (χ0n) is 5.24. The van der Waals surface area contributed by atoms with Gasteiger partial charge in [-0.3, -0.25) is 0 Å². The van der Waals surface area contributed by atoms with Crippen molar-refractivity contribution in [3.63, 3.8) is 0 Å². The molecule has 0 unspecified atom stereocenters. The van der Waals surface area contributed by atoms with E-state index in [2.05, 4.69) is 5.32 Å². The van der Waals surface area contributed by atoms with Crippen LogP contribution in [0.25, 0.3) is 0 Å². The van der Waals surface area contributed by atoms with Crippen molar-refractivity contribution in [2.45, 2.75) is 0 Å². The van der Waals surface area contributed by atoms with Crippen LogP contribution < -0.4 is 5.32 Å². The normalized spacial score (nSPS) is 14.6. The van der Waals surface area contributed by atoms with Crippen molar-refractivity contribution in [1.29, 1.82) is 5.53 Å². The summed E-state index contributed by atoms with van der Waals surface area (Å²) in [7, 11) is 0. The molecule has 0 aromatic heterocycles. The number of hydrogen-bond acceptors (Lipinski definition) is 3. The summed E-state index contributed by atoms with van der Waals surface area (Å²) < 4.78 is 0. The van der Waals surface area contributed by atoms with Crippen LogP contribution in [0, 0.1) is 10.7 Å². The lowest BCUT2D eigenvalue weighted by molar-refractivity contribution is -0.482. The largest absolute Gasteiger partial charge is 0.595 e. The highest BCUT2D eigenvalue weighted by molar-refractivity contribution is 5.31. The molecule has 0 aromatic rings. The first kappa shape index (κ1) is 6.54. The van der Waals surface area contributed by atoms with Gasteiger partial charge in [-0.1, -0.05) is 4.86 Å². The molecule has 0 amide bonds. The van der Waals surface area contributed by atoms with Crippen LogP contribution in [0.2, 0.25) is 0 Å². The van der Waals surface area contributed by atoms with E-state index in [0.717, 1.165) is 0 Å². The van der Waals surface area contributed by atoms with E-state index in [1.807, 2.05) is 0 Å². The number of allylic oxidation sites excluding steroid dienone is 3. The third-order valence-corrected chi connectivity index (χ3v) is 1.01. The lowest BCUT2D eigenvalue weighted by Gasteiger charge is -1.98. The quantitative estimate of drug-likeness (QED) is 0.322. The first-order chi connectivity index (χ1) is 4.79. The van der Waals surface area contributed by atoms with Crippen LogP contribution >= 0.6 is 0 Å². The maximum atomic E-state index is 10.1. The summed E-state index contributed by atoms with van der Waals surface area (Å²) in [6.07, 6.45) is 7.97. The van der Waals surface area contributed by atoms with Crippen molar-refractivity contribution in [1.82, 2.24) is 5.32 Å². The maximum absolute atomic E-state index is 10.1. The summed E-state index contributed by atoms with van der Waals surface area (Å²) in [6.45, 7) is 0. The molecule has 1 aliphatic rings. The summed E-state index contributed by atoms with van der Waals surface area (Å²) in [5.74, 6) is 0. The fraction of sp³-hybridized carbons (Fsp3) is 0.